The molecule has 0 spiro atoms. The molecule has 0 saturated carbocycles. The molecular formula is C21H12Cl2F2N2O2. The van der Waals surface area contributed by atoms with E-state index in [0.717, 1.165) is 17.7 Å². The van der Waals surface area contributed by atoms with Crippen molar-refractivity contribution in [1.82, 2.24) is 10.1 Å². The number of halogens is 4. The van der Waals surface area contributed by atoms with Crippen LogP contribution < -0.4 is 4.74 Å². The van der Waals surface area contributed by atoms with Gasteiger partial charge in [0.15, 0.2) is 11.6 Å². The molecule has 29 heavy (non-hydrogen) atoms. The molecule has 146 valence electrons. The van der Waals surface area contributed by atoms with Crippen LogP contribution in [-0.2, 0) is 6.61 Å². The number of benzene rings is 3. The topological polar surface area (TPSA) is 48.2 Å². The van der Waals surface area contributed by atoms with Crippen LogP contribution in [0.1, 0.15) is 5.56 Å². The first kappa shape index (κ1) is 19.4. The SMILES string of the molecule is Fc1ccc(OCc2cccc(-c3nc(-c4ccc(Cl)cc4Cl)no3)c2)c(F)c1. The summed E-state index contributed by atoms with van der Waals surface area (Å²) in [6, 6.07) is 15.3. The number of ether oxygens (including phenoxy) is 1. The molecule has 4 rings (SSSR count). The van der Waals surface area contributed by atoms with E-state index in [1.807, 2.05) is 0 Å². The van der Waals surface area contributed by atoms with Gasteiger partial charge in [0.25, 0.3) is 5.89 Å². The Morgan fingerprint density at radius 1 is 0.966 bits per heavy atom. The van der Waals surface area contributed by atoms with E-state index in [2.05, 4.69) is 10.1 Å². The Labute approximate surface area is 174 Å². The molecule has 0 N–H and O–H groups in total. The average Bonchev–Trinajstić information content (AvgIpc) is 3.17. The van der Waals surface area contributed by atoms with E-state index in [1.54, 1.807) is 42.5 Å². The summed E-state index contributed by atoms with van der Waals surface area (Å²) in [5.41, 5.74) is 2.00. The van der Waals surface area contributed by atoms with Crippen LogP contribution in [0.15, 0.2) is 65.2 Å². The molecule has 0 radical (unpaired) electrons. The summed E-state index contributed by atoms with van der Waals surface area (Å²) in [5, 5.41) is 4.88. The van der Waals surface area contributed by atoms with Crippen molar-refractivity contribution in [2.24, 2.45) is 0 Å². The highest BCUT2D eigenvalue weighted by Gasteiger charge is 2.14. The second kappa shape index (κ2) is 8.19. The van der Waals surface area contributed by atoms with E-state index in [0.29, 0.717) is 32.9 Å². The third-order valence-corrected chi connectivity index (χ3v) is 4.61. The smallest absolute Gasteiger partial charge is 0.258 e. The first-order valence-corrected chi connectivity index (χ1v) is 9.21. The maximum absolute atomic E-state index is 13.7. The monoisotopic (exact) mass is 432 g/mol. The quantitative estimate of drug-likeness (QED) is 0.357. The standard InChI is InChI=1S/C21H12Cl2F2N2O2/c22-14-4-6-16(17(23)9-14)20-26-21(29-27-20)13-3-1-2-12(8-13)11-28-19-7-5-15(24)10-18(19)25/h1-10H,11H2. The largest absolute Gasteiger partial charge is 0.486 e. The van der Waals surface area contributed by atoms with Crippen molar-refractivity contribution in [3.63, 3.8) is 0 Å². The van der Waals surface area contributed by atoms with E-state index < -0.39 is 11.6 Å². The van der Waals surface area contributed by atoms with Crippen LogP contribution in [0.2, 0.25) is 10.0 Å². The van der Waals surface area contributed by atoms with Gasteiger partial charge in [-0.3, -0.25) is 0 Å². The Morgan fingerprint density at radius 2 is 1.83 bits per heavy atom. The molecule has 0 fully saturated rings. The van der Waals surface area contributed by atoms with Gasteiger partial charge >= 0.3 is 0 Å². The zero-order chi connectivity index (χ0) is 20.4. The van der Waals surface area contributed by atoms with E-state index in [1.165, 1.54) is 6.07 Å². The molecule has 0 atom stereocenters. The summed E-state index contributed by atoms with van der Waals surface area (Å²) in [6.07, 6.45) is 0. The summed E-state index contributed by atoms with van der Waals surface area (Å²) in [7, 11) is 0. The number of rotatable bonds is 5. The lowest BCUT2D eigenvalue weighted by molar-refractivity contribution is 0.289. The molecule has 0 aliphatic heterocycles. The number of aromatic nitrogens is 2. The van der Waals surface area contributed by atoms with Gasteiger partial charge in [-0.1, -0.05) is 40.5 Å². The average molecular weight is 433 g/mol. The van der Waals surface area contributed by atoms with Crippen LogP contribution >= 0.6 is 23.2 Å². The summed E-state index contributed by atoms with van der Waals surface area (Å²) in [6.45, 7) is 0.0837. The highest BCUT2D eigenvalue weighted by Crippen LogP contribution is 2.30. The fraction of sp³-hybridized carbons (Fsp3) is 0.0476. The number of hydrogen-bond donors (Lipinski definition) is 0. The van der Waals surface area contributed by atoms with Gasteiger partial charge < -0.3 is 9.26 Å². The van der Waals surface area contributed by atoms with E-state index in [-0.39, 0.29) is 12.4 Å². The van der Waals surface area contributed by atoms with Gasteiger partial charge in [0.2, 0.25) is 5.82 Å². The van der Waals surface area contributed by atoms with Crippen molar-refractivity contribution in [3.8, 4) is 28.6 Å². The third-order valence-electron chi connectivity index (χ3n) is 4.06. The fourth-order valence-electron chi connectivity index (χ4n) is 2.67. The Morgan fingerprint density at radius 3 is 2.62 bits per heavy atom. The van der Waals surface area contributed by atoms with Crippen LogP contribution in [0.3, 0.4) is 0 Å². The summed E-state index contributed by atoms with van der Waals surface area (Å²) in [5.74, 6) is -0.834. The van der Waals surface area contributed by atoms with E-state index in [9.17, 15) is 8.78 Å². The second-order valence-electron chi connectivity index (χ2n) is 6.11. The predicted molar refractivity (Wildman–Crippen MR) is 106 cm³/mol. The second-order valence-corrected chi connectivity index (χ2v) is 6.95. The summed E-state index contributed by atoms with van der Waals surface area (Å²) < 4.78 is 37.5. The Hall–Kier alpha value is -2.96. The third kappa shape index (κ3) is 4.39. The molecule has 0 aliphatic rings. The number of hydrogen-bond acceptors (Lipinski definition) is 4. The first-order chi connectivity index (χ1) is 14.0. The maximum Gasteiger partial charge on any atom is 0.258 e. The normalized spacial score (nSPS) is 10.9. The van der Waals surface area contributed by atoms with Crippen molar-refractivity contribution in [2.75, 3.05) is 0 Å². The first-order valence-electron chi connectivity index (χ1n) is 8.46. The van der Waals surface area contributed by atoms with Crippen LogP contribution in [0.5, 0.6) is 5.75 Å². The van der Waals surface area contributed by atoms with Crippen molar-refractivity contribution < 1.29 is 18.0 Å². The molecular weight excluding hydrogens is 421 g/mol. The zero-order valence-electron chi connectivity index (χ0n) is 14.7. The molecule has 8 heteroatoms. The van der Waals surface area contributed by atoms with E-state index in [4.69, 9.17) is 32.5 Å². The lowest BCUT2D eigenvalue weighted by Gasteiger charge is -2.08. The van der Waals surface area contributed by atoms with Crippen LogP contribution in [0.4, 0.5) is 8.78 Å². The molecule has 4 aromatic rings. The van der Waals surface area contributed by atoms with Crippen molar-refractivity contribution >= 4 is 23.2 Å². The molecule has 0 bridgehead atoms. The Bertz CT molecular complexity index is 1180. The minimum absolute atomic E-state index is 0.0331. The minimum atomic E-state index is -0.762. The van der Waals surface area contributed by atoms with Gasteiger partial charge in [0.1, 0.15) is 12.4 Å². The highest BCUT2D eigenvalue weighted by atomic mass is 35.5. The molecule has 3 aromatic carbocycles. The Kier molecular flexibility index (Phi) is 5.47. The fourth-order valence-corrected chi connectivity index (χ4v) is 3.16. The molecule has 0 amide bonds. The van der Waals surface area contributed by atoms with Crippen molar-refractivity contribution in [1.29, 1.82) is 0 Å². The minimum Gasteiger partial charge on any atom is -0.486 e. The molecule has 0 aliphatic carbocycles. The van der Waals surface area contributed by atoms with Crippen molar-refractivity contribution in [3.05, 3.63) is 87.9 Å². The lowest BCUT2D eigenvalue weighted by Crippen LogP contribution is -1.98. The van der Waals surface area contributed by atoms with Gasteiger partial charge in [0.05, 0.1) is 5.02 Å². The number of nitrogens with zero attached hydrogens (tertiary/aromatic N) is 2. The highest BCUT2D eigenvalue weighted by molar-refractivity contribution is 6.36. The summed E-state index contributed by atoms with van der Waals surface area (Å²) in [4.78, 5) is 4.38. The predicted octanol–water partition coefficient (Wildman–Crippen LogP) is 6.57. The van der Waals surface area contributed by atoms with Crippen LogP contribution in [0.25, 0.3) is 22.8 Å². The summed E-state index contributed by atoms with van der Waals surface area (Å²) >= 11 is 12.1. The van der Waals surface area contributed by atoms with E-state index >= 15 is 0 Å². The molecule has 4 nitrogen and oxygen atoms in total. The zero-order valence-corrected chi connectivity index (χ0v) is 16.2. The van der Waals surface area contributed by atoms with Gasteiger partial charge in [-0.25, -0.2) is 8.78 Å². The van der Waals surface area contributed by atoms with Gasteiger partial charge in [0, 0.05) is 22.2 Å². The van der Waals surface area contributed by atoms with Crippen LogP contribution in [0, 0.1) is 11.6 Å². The molecule has 1 aromatic heterocycles. The molecule has 0 unspecified atom stereocenters. The Balaban J connectivity index is 1.54. The maximum atomic E-state index is 13.7. The van der Waals surface area contributed by atoms with Crippen LogP contribution in [-0.4, -0.2) is 10.1 Å². The van der Waals surface area contributed by atoms with Gasteiger partial charge in [-0.15, -0.1) is 0 Å². The van der Waals surface area contributed by atoms with Gasteiger partial charge in [-0.2, -0.15) is 4.98 Å². The molecule has 0 saturated heterocycles. The lowest BCUT2D eigenvalue weighted by atomic mass is 10.1. The van der Waals surface area contributed by atoms with Crippen molar-refractivity contribution in [2.45, 2.75) is 6.61 Å². The molecule has 1 heterocycles. The van der Waals surface area contributed by atoms with Gasteiger partial charge in [-0.05, 0) is 48.0 Å².